The predicted molar refractivity (Wildman–Crippen MR) is 106 cm³/mol. The van der Waals surface area contributed by atoms with E-state index < -0.39 is 13.7 Å². The zero-order valence-electron chi connectivity index (χ0n) is 14.8. The first-order chi connectivity index (χ1) is 11.6. The summed E-state index contributed by atoms with van der Waals surface area (Å²) >= 11 is 0. The zero-order valence-corrected chi connectivity index (χ0v) is 15.7. The molecule has 2 atom stereocenters. The second-order valence-corrected chi connectivity index (χ2v) is 9.03. The number of benzene rings is 2. The minimum atomic E-state index is -0.586. The molecule has 0 unspecified atom stereocenters. The van der Waals surface area contributed by atoms with Crippen molar-refractivity contribution < 1.29 is 9.47 Å². The number of rotatable bonds is 3. The summed E-state index contributed by atoms with van der Waals surface area (Å²) in [5.74, 6) is -0.493. The van der Waals surface area contributed by atoms with Gasteiger partial charge in [-0.1, -0.05) is 66.7 Å². The first kappa shape index (κ1) is 18.4. The molecule has 2 aromatic rings. The first-order valence-corrected chi connectivity index (χ1v) is 9.94. The van der Waals surface area contributed by atoms with Crippen LogP contribution in [0.25, 0.3) is 0 Å². The highest BCUT2D eigenvalue weighted by Gasteiger charge is 2.46. The summed E-state index contributed by atoms with van der Waals surface area (Å²) in [6.45, 7) is 4.05. The van der Waals surface area contributed by atoms with Crippen LogP contribution in [0, 0.1) is 0 Å². The molecule has 0 N–H and O–H groups in total. The van der Waals surface area contributed by atoms with E-state index in [9.17, 15) is 0 Å². The Balaban J connectivity index is 0.00000182. The van der Waals surface area contributed by atoms with Gasteiger partial charge >= 0.3 is 0 Å². The maximum absolute atomic E-state index is 6.31. The molecule has 1 fully saturated rings. The van der Waals surface area contributed by atoms with Gasteiger partial charge in [0.05, 0.1) is 6.10 Å². The van der Waals surface area contributed by atoms with Crippen LogP contribution in [0.4, 0.5) is 0 Å². The van der Waals surface area contributed by atoms with Crippen LogP contribution in [0.5, 0.6) is 0 Å². The Hall–Kier alpha value is -1.41. The zero-order chi connectivity index (χ0) is 16.6. The summed E-state index contributed by atoms with van der Waals surface area (Å²) in [6.07, 6.45) is 4.76. The largest absolute Gasteiger partial charge is 0.344 e. The van der Waals surface area contributed by atoms with Crippen molar-refractivity contribution in [3.8, 4) is 0 Å². The van der Waals surface area contributed by atoms with Crippen molar-refractivity contribution in [1.29, 1.82) is 0 Å². The Kier molecular flexibility index (Phi) is 5.48. The van der Waals surface area contributed by atoms with Crippen LogP contribution in [0.2, 0.25) is 0 Å². The molecule has 4 heteroatoms. The van der Waals surface area contributed by atoms with Crippen LogP contribution in [-0.2, 0) is 9.47 Å². The highest BCUT2D eigenvalue weighted by Crippen LogP contribution is 2.51. The molecule has 0 saturated carbocycles. The molecule has 0 amide bonds. The second kappa shape index (κ2) is 7.46. The summed E-state index contributed by atoms with van der Waals surface area (Å²) in [4.78, 5) is 0. The van der Waals surface area contributed by atoms with Gasteiger partial charge in [0.25, 0.3) is 0 Å². The minimum absolute atomic E-state index is 0. The van der Waals surface area contributed by atoms with Gasteiger partial charge in [-0.2, -0.15) is 0 Å². The smallest absolute Gasteiger partial charge is 0.164 e. The molecule has 2 nitrogen and oxygen atoms in total. The third-order valence-electron chi connectivity index (χ3n) is 4.57. The second-order valence-electron chi connectivity index (χ2n) is 6.81. The summed E-state index contributed by atoms with van der Waals surface area (Å²) in [6, 6.07) is 21.6. The van der Waals surface area contributed by atoms with Crippen LogP contribution >= 0.6 is 7.92 Å². The molecule has 0 bridgehead atoms. The predicted octanol–water partition coefficient (Wildman–Crippen LogP) is 3.94. The molecule has 127 valence electrons. The lowest BCUT2D eigenvalue weighted by Crippen LogP contribution is -2.30. The standard InChI is InChI=1S/C21H23O2P.B/c1-21(2)22-18-14-9-15-19(20(18)23-21)24(16-10-5-3-6-11-16)17-12-7-4-8-13-17;/h3-8,10-13,15,18,20H,9,14H2,1-2H3;/t18-,20-;/m0./s1. The van der Waals surface area contributed by atoms with Gasteiger partial charge in [-0.3, -0.25) is 0 Å². The third kappa shape index (κ3) is 3.74. The molecule has 2 aliphatic rings. The molecular formula is C21H23BO2P. The van der Waals surface area contributed by atoms with Gasteiger partial charge in [-0.25, -0.2) is 0 Å². The minimum Gasteiger partial charge on any atom is -0.344 e. The molecule has 1 aliphatic heterocycles. The Morgan fingerprint density at radius 2 is 1.44 bits per heavy atom. The number of ether oxygens (including phenoxy) is 2. The van der Waals surface area contributed by atoms with Crippen molar-refractivity contribution >= 4 is 26.9 Å². The Bertz CT molecular complexity index is 691. The molecular weight excluding hydrogens is 326 g/mol. The van der Waals surface area contributed by atoms with Crippen LogP contribution < -0.4 is 10.6 Å². The van der Waals surface area contributed by atoms with Gasteiger partial charge in [0.15, 0.2) is 5.79 Å². The van der Waals surface area contributed by atoms with E-state index in [-0.39, 0.29) is 20.6 Å². The highest BCUT2D eigenvalue weighted by atomic mass is 31.1. The summed E-state index contributed by atoms with van der Waals surface area (Å²) < 4.78 is 12.5. The average molecular weight is 349 g/mol. The van der Waals surface area contributed by atoms with Crippen molar-refractivity contribution in [1.82, 2.24) is 0 Å². The maximum Gasteiger partial charge on any atom is 0.164 e. The number of hydrogen-bond acceptors (Lipinski definition) is 2. The van der Waals surface area contributed by atoms with Crippen molar-refractivity contribution in [2.24, 2.45) is 0 Å². The van der Waals surface area contributed by atoms with Gasteiger partial charge < -0.3 is 9.47 Å². The van der Waals surface area contributed by atoms with Crippen molar-refractivity contribution in [2.45, 2.75) is 44.7 Å². The topological polar surface area (TPSA) is 18.5 Å². The fourth-order valence-electron chi connectivity index (χ4n) is 3.63. The molecule has 3 radical (unpaired) electrons. The Morgan fingerprint density at radius 3 is 2.00 bits per heavy atom. The Morgan fingerprint density at radius 1 is 0.880 bits per heavy atom. The lowest BCUT2D eigenvalue weighted by atomic mass is 10.0. The molecule has 1 saturated heterocycles. The van der Waals surface area contributed by atoms with Crippen LogP contribution in [-0.4, -0.2) is 26.4 Å². The quantitative estimate of drug-likeness (QED) is 0.617. The van der Waals surface area contributed by atoms with E-state index in [0.29, 0.717) is 0 Å². The van der Waals surface area contributed by atoms with E-state index in [1.54, 1.807) is 0 Å². The molecule has 1 aliphatic carbocycles. The van der Waals surface area contributed by atoms with E-state index in [2.05, 4.69) is 66.7 Å². The highest BCUT2D eigenvalue weighted by molar-refractivity contribution is 7.76. The molecule has 0 spiro atoms. The van der Waals surface area contributed by atoms with E-state index in [0.717, 1.165) is 12.8 Å². The van der Waals surface area contributed by atoms with Gasteiger partial charge in [0, 0.05) is 8.41 Å². The van der Waals surface area contributed by atoms with Gasteiger partial charge in [0.2, 0.25) is 0 Å². The van der Waals surface area contributed by atoms with Crippen LogP contribution in [0.15, 0.2) is 72.1 Å². The SMILES string of the molecule is CC1(C)O[C@H]2CCC=C(P(c3ccccc3)c3ccccc3)[C@H]2O1.[B]. The van der Waals surface area contributed by atoms with Crippen molar-refractivity contribution in [3.05, 3.63) is 72.1 Å². The van der Waals surface area contributed by atoms with E-state index in [1.807, 2.05) is 13.8 Å². The van der Waals surface area contributed by atoms with Crippen molar-refractivity contribution in [3.63, 3.8) is 0 Å². The number of allylic oxidation sites excluding steroid dienone is 1. The fourth-order valence-corrected chi connectivity index (χ4v) is 6.25. The molecule has 25 heavy (non-hydrogen) atoms. The average Bonchev–Trinajstić information content (AvgIpc) is 2.92. The van der Waals surface area contributed by atoms with Crippen LogP contribution in [0.1, 0.15) is 26.7 Å². The summed E-state index contributed by atoms with van der Waals surface area (Å²) in [5.41, 5.74) is 0. The maximum atomic E-state index is 6.31. The van der Waals surface area contributed by atoms with Crippen molar-refractivity contribution in [2.75, 3.05) is 0 Å². The third-order valence-corrected chi connectivity index (χ3v) is 7.15. The normalized spacial score (nSPS) is 24.4. The molecule has 4 rings (SSSR count). The van der Waals surface area contributed by atoms with Crippen LogP contribution in [0.3, 0.4) is 0 Å². The first-order valence-electron chi connectivity index (χ1n) is 8.60. The molecule has 2 aromatic carbocycles. The number of hydrogen-bond donors (Lipinski definition) is 0. The lowest BCUT2D eigenvalue weighted by molar-refractivity contribution is -0.143. The van der Waals surface area contributed by atoms with E-state index >= 15 is 0 Å². The Labute approximate surface area is 153 Å². The fraction of sp³-hybridized carbons (Fsp3) is 0.333. The summed E-state index contributed by atoms with van der Waals surface area (Å²) in [7, 11) is -0.586. The summed E-state index contributed by atoms with van der Waals surface area (Å²) in [5, 5.41) is 4.15. The van der Waals surface area contributed by atoms with Gasteiger partial charge in [-0.15, -0.1) is 0 Å². The number of fused-ring (bicyclic) bond motifs is 1. The van der Waals surface area contributed by atoms with E-state index in [1.165, 1.54) is 15.9 Å². The van der Waals surface area contributed by atoms with Gasteiger partial charge in [-0.05, 0) is 50.5 Å². The van der Waals surface area contributed by atoms with Gasteiger partial charge in [0.1, 0.15) is 6.10 Å². The molecule has 1 heterocycles. The molecule has 0 aromatic heterocycles. The lowest BCUT2D eigenvalue weighted by Gasteiger charge is -2.31. The monoisotopic (exact) mass is 349 g/mol. The van der Waals surface area contributed by atoms with E-state index in [4.69, 9.17) is 9.47 Å².